The van der Waals surface area contributed by atoms with Crippen molar-refractivity contribution in [1.29, 1.82) is 5.26 Å². The van der Waals surface area contributed by atoms with Gasteiger partial charge in [0.1, 0.15) is 17.6 Å². The minimum absolute atomic E-state index is 0.00621. The third-order valence-corrected chi connectivity index (χ3v) is 3.10. The van der Waals surface area contributed by atoms with Crippen LogP contribution in [-0.2, 0) is 4.79 Å². The molecule has 6 heteroatoms. The average Bonchev–Trinajstić information content (AvgIpc) is 2.56. The topological polar surface area (TPSA) is 71.3 Å². The van der Waals surface area contributed by atoms with Crippen LogP contribution in [0, 0.1) is 11.3 Å². The molecule has 0 spiro atoms. The molecule has 118 valence electrons. The highest BCUT2D eigenvalue weighted by Gasteiger charge is 2.04. The first kappa shape index (κ1) is 16.7. The van der Waals surface area contributed by atoms with Gasteiger partial charge in [-0.1, -0.05) is 11.6 Å². The number of hydrogen-bond acceptors (Lipinski definition) is 4. The first-order valence-electron chi connectivity index (χ1n) is 6.95. The van der Waals surface area contributed by atoms with E-state index in [4.69, 9.17) is 26.3 Å². The number of benzene rings is 2. The molecule has 0 aliphatic heterocycles. The Bertz CT molecular complexity index is 678. The van der Waals surface area contributed by atoms with Crippen LogP contribution in [0.25, 0.3) is 0 Å². The molecule has 0 saturated heterocycles. The number of anilines is 1. The molecule has 1 N–H and O–H groups in total. The molecule has 0 radical (unpaired) electrons. The molecule has 5 nitrogen and oxygen atoms in total. The van der Waals surface area contributed by atoms with Crippen molar-refractivity contribution in [3.8, 4) is 17.6 Å². The molecule has 23 heavy (non-hydrogen) atoms. The molecule has 0 fully saturated rings. The summed E-state index contributed by atoms with van der Waals surface area (Å²) in [5.41, 5.74) is 0.658. The van der Waals surface area contributed by atoms with Gasteiger partial charge in [0, 0.05) is 10.7 Å². The van der Waals surface area contributed by atoms with Gasteiger partial charge in [-0.05, 0) is 48.5 Å². The zero-order valence-electron chi connectivity index (χ0n) is 12.3. The van der Waals surface area contributed by atoms with Crippen molar-refractivity contribution in [2.75, 3.05) is 18.5 Å². The lowest BCUT2D eigenvalue weighted by Gasteiger charge is -2.08. The van der Waals surface area contributed by atoms with Crippen LogP contribution < -0.4 is 14.8 Å². The number of nitrogens with one attached hydrogen (secondary N) is 1. The lowest BCUT2D eigenvalue weighted by Crippen LogP contribution is -2.15. The van der Waals surface area contributed by atoms with Crippen LogP contribution in [0.1, 0.15) is 6.42 Å². The molecule has 0 bridgehead atoms. The van der Waals surface area contributed by atoms with Gasteiger partial charge in [-0.2, -0.15) is 5.26 Å². The van der Waals surface area contributed by atoms with Gasteiger partial charge in [-0.25, -0.2) is 0 Å². The molecule has 0 aromatic heterocycles. The lowest BCUT2D eigenvalue weighted by molar-refractivity contribution is -0.116. The van der Waals surface area contributed by atoms with E-state index >= 15 is 0 Å². The number of carbonyl (C=O) groups excluding carboxylic acids is 1. The quantitative estimate of drug-likeness (QED) is 0.841. The van der Waals surface area contributed by atoms with E-state index in [1.165, 1.54) is 0 Å². The first-order chi connectivity index (χ1) is 11.2. The van der Waals surface area contributed by atoms with E-state index in [2.05, 4.69) is 5.32 Å². The smallest absolute Gasteiger partial charge is 0.227 e. The Balaban J connectivity index is 1.74. The third kappa shape index (κ3) is 5.89. The van der Waals surface area contributed by atoms with E-state index in [0.29, 0.717) is 22.2 Å². The molecule has 0 aliphatic rings. The van der Waals surface area contributed by atoms with Crippen LogP contribution >= 0.6 is 11.6 Å². The summed E-state index contributed by atoms with van der Waals surface area (Å²) in [6.45, 7) is 0.268. The van der Waals surface area contributed by atoms with Crippen molar-refractivity contribution in [3.63, 3.8) is 0 Å². The Hall–Kier alpha value is -2.71. The molecule has 2 aromatic rings. The van der Waals surface area contributed by atoms with Crippen LogP contribution in [-0.4, -0.2) is 19.1 Å². The second kappa shape index (κ2) is 8.66. The second-order valence-corrected chi connectivity index (χ2v) is 5.01. The minimum atomic E-state index is -0.148. The summed E-state index contributed by atoms with van der Waals surface area (Å²) in [5, 5.41) is 11.8. The third-order valence-electron chi connectivity index (χ3n) is 2.85. The van der Waals surface area contributed by atoms with Crippen molar-refractivity contribution >= 4 is 23.2 Å². The van der Waals surface area contributed by atoms with Crippen molar-refractivity contribution in [3.05, 3.63) is 53.6 Å². The summed E-state index contributed by atoms with van der Waals surface area (Å²) in [7, 11) is 0. The van der Waals surface area contributed by atoms with Gasteiger partial charge < -0.3 is 14.8 Å². The van der Waals surface area contributed by atoms with Crippen molar-refractivity contribution in [1.82, 2.24) is 0 Å². The summed E-state index contributed by atoms with van der Waals surface area (Å²) < 4.78 is 10.6. The maximum atomic E-state index is 11.8. The number of ether oxygens (including phenoxy) is 2. The van der Waals surface area contributed by atoms with Gasteiger partial charge >= 0.3 is 0 Å². The van der Waals surface area contributed by atoms with E-state index < -0.39 is 0 Å². The Kier molecular flexibility index (Phi) is 6.28. The van der Waals surface area contributed by atoms with E-state index in [0.717, 1.165) is 0 Å². The molecular weight excluding hydrogens is 316 g/mol. The van der Waals surface area contributed by atoms with Gasteiger partial charge in [-0.15, -0.1) is 0 Å². The maximum absolute atomic E-state index is 11.8. The molecule has 2 rings (SSSR count). The van der Waals surface area contributed by atoms with Crippen molar-refractivity contribution in [2.45, 2.75) is 6.42 Å². The van der Waals surface area contributed by atoms with Gasteiger partial charge in [0.25, 0.3) is 0 Å². The first-order valence-corrected chi connectivity index (χ1v) is 7.33. The lowest BCUT2D eigenvalue weighted by atomic mass is 10.3. The molecule has 0 saturated carbocycles. The van der Waals surface area contributed by atoms with E-state index in [-0.39, 0.29) is 25.5 Å². The molecule has 0 aliphatic carbocycles. The number of carbonyl (C=O) groups is 1. The molecule has 2 aromatic carbocycles. The predicted octanol–water partition coefficient (Wildman–Crippen LogP) is 3.65. The number of amides is 1. The molecule has 0 atom stereocenters. The van der Waals surface area contributed by atoms with Crippen LogP contribution in [0.4, 0.5) is 5.69 Å². The highest BCUT2D eigenvalue weighted by atomic mass is 35.5. The van der Waals surface area contributed by atoms with Crippen LogP contribution in [0.2, 0.25) is 5.02 Å². The number of nitrogens with zero attached hydrogens (tertiary/aromatic N) is 1. The van der Waals surface area contributed by atoms with Crippen LogP contribution in [0.3, 0.4) is 0 Å². The van der Waals surface area contributed by atoms with Gasteiger partial charge in [0.05, 0.1) is 13.0 Å². The Labute approximate surface area is 139 Å². The largest absolute Gasteiger partial charge is 0.493 e. The number of nitriles is 1. The number of halogens is 1. The summed E-state index contributed by atoms with van der Waals surface area (Å²) in [6, 6.07) is 15.7. The fourth-order valence-corrected chi connectivity index (χ4v) is 1.89. The molecule has 0 heterocycles. The monoisotopic (exact) mass is 330 g/mol. The van der Waals surface area contributed by atoms with E-state index in [1.54, 1.807) is 48.5 Å². The second-order valence-electron chi connectivity index (χ2n) is 4.57. The number of hydrogen-bond donors (Lipinski definition) is 1. The summed E-state index contributed by atoms with van der Waals surface area (Å²) in [6.07, 6.45) is 0.231. The van der Waals surface area contributed by atoms with Crippen molar-refractivity contribution in [2.24, 2.45) is 0 Å². The summed E-state index contributed by atoms with van der Waals surface area (Å²) in [4.78, 5) is 11.8. The van der Waals surface area contributed by atoms with Gasteiger partial charge in [0.15, 0.2) is 6.61 Å². The molecule has 0 unspecified atom stereocenters. The zero-order chi connectivity index (χ0) is 16.5. The minimum Gasteiger partial charge on any atom is -0.493 e. The highest BCUT2D eigenvalue weighted by Crippen LogP contribution is 2.17. The Morgan fingerprint density at radius 2 is 1.65 bits per heavy atom. The standard InChI is InChI=1S/C17H15ClN2O3/c18-13-1-5-15(6-2-13)22-11-9-17(21)20-14-3-7-16(8-4-14)23-12-10-19/h1-8H,9,11-12H2,(H,20,21). The average molecular weight is 331 g/mol. The highest BCUT2D eigenvalue weighted by molar-refractivity contribution is 6.30. The van der Waals surface area contributed by atoms with E-state index in [1.807, 2.05) is 6.07 Å². The van der Waals surface area contributed by atoms with Crippen molar-refractivity contribution < 1.29 is 14.3 Å². The normalized spacial score (nSPS) is 9.74. The molecule has 1 amide bonds. The Morgan fingerprint density at radius 1 is 1.04 bits per heavy atom. The fourth-order valence-electron chi connectivity index (χ4n) is 1.77. The number of rotatable bonds is 7. The zero-order valence-corrected chi connectivity index (χ0v) is 13.0. The fraction of sp³-hybridized carbons (Fsp3) is 0.176. The SMILES string of the molecule is N#CCOc1ccc(NC(=O)CCOc2ccc(Cl)cc2)cc1. The van der Waals surface area contributed by atoms with Crippen LogP contribution in [0.5, 0.6) is 11.5 Å². The predicted molar refractivity (Wildman–Crippen MR) is 87.7 cm³/mol. The molecular formula is C17H15ClN2O3. The van der Waals surface area contributed by atoms with Crippen LogP contribution in [0.15, 0.2) is 48.5 Å². The Morgan fingerprint density at radius 3 is 2.30 bits per heavy atom. The summed E-state index contributed by atoms with van der Waals surface area (Å²) in [5.74, 6) is 1.10. The summed E-state index contributed by atoms with van der Waals surface area (Å²) >= 11 is 5.78. The van der Waals surface area contributed by atoms with Gasteiger partial charge in [-0.3, -0.25) is 4.79 Å². The van der Waals surface area contributed by atoms with Gasteiger partial charge in [0.2, 0.25) is 5.91 Å². The maximum Gasteiger partial charge on any atom is 0.227 e. The van der Waals surface area contributed by atoms with E-state index in [9.17, 15) is 4.79 Å².